The van der Waals surface area contributed by atoms with Crippen molar-refractivity contribution in [1.29, 1.82) is 0 Å². The first-order valence-electron chi connectivity index (χ1n) is 5.19. The fraction of sp³-hybridized carbons (Fsp3) is 0.385. The third-order valence-electron chi connectivity index (χ3n) is 3.00. The molecule has 1 aliphatic carbocycles. The first-order valence-corrected chi connectivity index (χ1v) is 5.19. The molecule has 0 fully saturated rings. The van der Waals surface area contributed by atoms with E-state index < -0.39 is 5.79 Å². The third-order valence-corrected chi connectivity index (χ3v) is 3.00. The van der Waals surface area contributed by atoms with Crippen LogP contribution in [0.3, 0.4) is 0 Å². The van der Waals surface area contributed by atoms with Crippen LogP contribution in [0.25, 0.3) is 6.08 Å². The quantitative estimate of drug-likeness (QED) is 0.731. The van der Waals surface area contributed by atoms with Crippen molar-refractivity contribution in [1.82, 2.24) is 0 Å². The van der Waals surface area contributed by atoms with Crippen LogP contribution in [-0.2, 0) is 15.9 Å². The molecule has 0 aromatic heterocycles. The lowest BCUT2D eigenvalue weighted by Gasteiger charge is -2.31. The van der Waals surface area contributed by atoms with E-state index >= 15 is 0 Å². The van der Waals surface area contributed by atoms with Crippen molar-refractivity contribution in [2.24, 2.45) is 0 Å². The second-order valence-electron chi connectivity index (χ2n) is 3.79. The fourth-order valence-corrected chi connectivity index (χ4v) is 1.92. The van der Waals surface area contributed by atoms with Gasteiger partial charge < -0.3 is 14.2 Å². The maximum absolute atomic E-state index is 5.40. The Kier molecular flexibility index (Phi) is 2.99. The molecule has 0 saturated heterocycles. The molecule has 1 aromatic rings. The maximum atomic E-state index is 5.40. The highest BCUT2D eigenvalue weighted by molar-refractivity contribution is 5.60. The minimum atomic E-state index is -0.623. The summed E-state index contributed by atoms with van der Waals surface area (Å²) in [5, 5.41) is 0. The minimum Gasteiger partial charge on any atom is -0.497 e. The van der Waals surface area contributed by atoms with Crippen molar-refractivity contribution in [3.63, 3.8) is 0 Å². The first-order chi connectivity index (χ1) is 7.73. The monoisotopic (exact) mass is 220 g/mol. The van der Waals surface area contributed by atoms with Gasteiger partial charge >= 0.3 is 0 Å². The molecule has 0 unspecified atom stereocenters. The lowest BCUT2D eigenvalue weighted by atomic mass is 9.93. The molecule has 1 aliphatic rings. The zero-order chi connectivity index (χ0) is 11.6. The molecule has 16 heavy (non-hydrogen) atoms. The average molecular weight is 220 g/mol. The van der Waals surface area contributed by atoms with Crippen LogP contribution in [-0.4, -0.2) is 27.1 Å². The van der Waals surface area contributed by atoms with Gasteiger partial charge in [0.15, 0.2) is 5.79 Å². The molecule has 0 saturated carbocycles. The molecule has 0 aliphatic heterocycles. The number of fused-ring (bicyclic) bond motifs is 1. The highest BCUT2D eigenvalue weighted by Crippen LogP contribution is 2.30. The summed E-state index contributed by atoms with van der Waals surface area (Å²) in [5.41, 5.74) is 2.36. The fourth-order valence-electron chi connectivity index (χ4n) is 1.92. The van der Waals surface area contributed by atoms with Crippen molar-refractivity contribution < 1.29 is 14.2 Å². The topological polar surface area (TPSA) is 27.7 Å². The van der Waals surface area contributed by atoms with E-state index in [-0.39, 0.29) is 0 Å². The van der Waals surface area contributed by atoms with Gasteiger partial charge in [0.25, 0.3) is 0 Å². The van der Waals surface area contributed by atoms with E-state index in [9.17, 15) is 0 Å². The molecular formula is C13H16O3. The van der Waals surface area contributed by atoms with Gasteiger partial charge in [-0.25, -0.2) is 0 Å². The van der Waals surface area contributed by atoms with E-state index in [0.29, 0.717) is 0 Å². The number of methoxy groups -OCH3 is 3. The number of rotatable bonds is 3. The second kappa shape index (κ2) is 4.28. The average Bonchev–Trinajstić information content (AvgIpc) is 2.37. The largest absolute Gasteiger partial charge is 0.497 e. The van der Waals surface area contributed by atoms with Crippen molar-refractivity contribution in [3.05, 3.63) is 35.4 Å². The zero-order valence-corrected chi connectivity index (χ0v) is 9.82. The molecule has 0 heterocycles. The van der Waals surface area contributed by atoms with Crippen LogP contribution in [0.1, 0.15) is 11.1 Å². The van der Waals surface area contributed by atoms with Crippen LogP contribution in [0.4, 0.5) is 0 Å². The van der Waals surface area contributed by atoms with Gasteiger partial charge in [0.1, 0.15) is 5.75 Å². The van der Waals surface area contributed by atoms with Crippen LogP contribution in [0, 0.1) is 0 Å². The Morgan fingerprint density at radius 2 is 1.88 bits per heavy atom. The Morgan fingerprint density at radius 1 is 1.12 bits per heavy atom. The van der Waals surface area contributed by atoms with Crippen LogP contribution >= 0.6 is 0 Å². The Balaban J connectivity index is 2.35. The lowest BCUT2D eigenvalue weighted by Crippen LogP contribution is -2.35. The molecule has 3 nitrogen and oxygen atoms in total. The van der Waals surface area contributed by atoms with Gasteiger partial charge in [-0.1, -0.05) is 12.1 Å². The summed E-state index contributed by atoms with van der Waals surface area (Å²) in [7, 11) is 4.98. The molecule has 2 rings (SSSR count). The summed E-state index contributed by atoms with van der Waals surface area (Å²) < 4.78 is 16.0. The third kappa shape index (κ3) is 1.84. The molecule has 0 spiro atoms. The maximum Gasteiger partial charge on any atom is 0.191 e. The van der Waals surface area contributed by atoms with E-state index in [1.807, 2.05) is 30.4 Å². The Labute approximate surface area is 95.6 Å². The van der Waals surface area contributed by atoms with Crippen molar-refractivity contribution in [2.45, 2.75) is 12.2 Å². The van der Waals surface area contributed by atoms with Crippen LogP contribution in [0.5, 0.6) is 5.75 Å². The molecule has 0 amide bonds. The van der Waals surface area contributed by atoms with Gasteiger partial charge in [0.2, 0.25) is 0 Å². The Hall–Kier alpha value is -1.32. The van der Waals surface area contributed by atoms with Gasteiger partial charge in [-0.05, 0) is 29.3 Å². The SMILES string of the molecule is COc1ccc2c(c1)C=CC(OC)(OC)C2. The lowest BCUT2D eigenvalue weighted by molar-refractivity contribution is -0.168. The van der Waals surface area contributed by atoms with E-state index in [1.54, 1.807) is 21.3 Å². The van der Waals surface area contributed by atoms with Gasteiger partial charge in [-0.15, -0.1) is 0 Å². The number of hydrogen-bond acceptors (Lipinski definition) is 3. The Bertz CT molecular complexity index is 406. The molecule has 0 N–H and O–H groups in total. The summed E-state index contributed by atoms with van der Waals surface area (Å²) in [6, 6.07) is 6.01. The van der Waals surface area contributed by atoms with E-state index in [4.69, 9.17) is 14.2 Å². The first kappa shape index (κ1) is 11.2. The van der Waals surface area contributed by atoms with E-state index in [0.717, 1.165) is 17.7 Å². The van der Waals surface area contributed by atoms with Crippen LogP contribution in [0.2, 0.25) is 0 Å². The highest BCUT2D eigenvalue weighted by atomic mass is 16.7. The molecule has 1 aromatic carbocycles. The number of benzene rings is 1. The summed E-state index contributed by atoms with van der Waals surface area (Å²) in [4.78, 5) is 0. The molecule has 3 heteroatoms. The van der Waals surface area contributed by atoms with Crippen molar-refractivity contribution in [2.75, 3.05) is 21.3 Å². The Morgan fingerprint density at radius 3 is 2.50 bits per heavy atom. The summed E-state index contributed by atoms with van der Waals surface area (Å²) in [5.74, 6) is 0.243. The van der Waals surface area contributed by atoms with Crippen LogP contribution in [0.15, 0.2) is 24.3 Å². The predicted molar refractivity (Wildman–Crippen MR) is 62.5 cm³/mol. The molecule has 0 atom stereocenters. The summed E-state index contributed by atoms with van der Waals surface area (Å²) in [6.45, 7) is 0. The standard InChI is InChI=1S/C13H16O3/c1-14-12-5-4-11-9-13(15-2,16-3)7-6-10(11)8-12/h4-8H,9H2,1-3H3. The zero-order valence-electron chi connectivity index (χ0n) is 9.82. The molecule has 0 bridgehead atoms. The van der Waals surface area contributed by atoms with Crippen molar-refractivity contribution >= 4 is 6.08 Å². The molecular weight excluding hydrogens is 204 g/mol. The van der Waals surface area contributed by atoms with E-state index in [1.165, 1.54) is 5.56 Å². The van der Waals surface area contributed by atoms with Gasteiger partial charge in [-0.3, -0.25) is 0 Å². The molecule has 0 radical (unpaired) electrons. The molecule has 86 valence electrons. The van der Waals surface area contributed by atoms with Crippen molar-refractivity contribution in [3.8, 4) is 5.75 Å². The van der Waals surface area contributed by atoms with Gasteiger partial charge in [0.05, 0.1) is 7.11 Å². The predicted octanol–water partition coefficient (Wildman–Crippen LogP) is 2.25. The highest BCUT2D eigenvalue weighted by Gasteiger charge is 2.30. The number of hydrogen-bond donors (Lipinski definition) is 0. The minimum absolute atomic E-state index is 0.623. The number of ether oxygens (including phenoxy) is 3. The van der Waals surface area contributed by atoms with Gasteiger partial charge in [0, 0.05) is 20.6 Å². The smallest absolute Gasteiger partial charge is 0.191 e. The summed E-state index contributed by atoms with van der Waals surface area (Å²) in [6.07, 6.45) is 4.67. The normalized spacial score (nSPS) is 16.9. The second-order valence-corrected chi connectivity index (χ2v) is 3.79. The van der Waals surface area contributed by atoms with Gasteiger partial charge in [-0.2, -0.15) is 0 Å². The van der Waals surface area contributed by atoms with E-state index in [2.05, 4.69) is 0 Å². The van der Waals surface area contributed by atoms with Crippen LogP contribution < -0.4 is 4.74 Å². The summed E-state index contributed by atoms with van der Waals surface area (Å²) >= 11 is 0.